The molecular weight excluding hydrogens is 493 g/mol. The summed E-state index contributed by atoms with van der Waals surface area (Å²) in [5.74, 6) is -0.194. The van der Waals surface area contributed by atoms with Gasteiger partial charge in [-0.2, -0.15) is 4.99 Å². The van der Waals surface area contributed by atoms with Gasteiger partial charge in [-0.3, -0.25) is 9.69 Å². The molecule has 2 heterocycles. The summed E-state index contributed by atoms with van der Waals surface area (Å²) >= 11 is 15.4. The number of hydrogen-bond acceptors (Lipinski definition) is 5. The number of thioether (sulfide) groups is 1. The lowest BCUT2D eigenvalue weighted by Gasteiger charge is -2.14. The Hall–Kier alpha value is -2.90. The molecule has 33 heavy (non-hydrogen) atoms. The Morgan fingerprint density at radius 3 is 2.24 bits per heavy atom. The molecule has 1 aromatic heterocycles. The lowest BCUT2D eigenvalue weighted by molar-refractivity contribution is -0.113. The number of nitrogens with zero attached hydrogens (tertiary/aromatic N) is 3. The monoisotopic (exact) mass is 507 g/mol. The van der Waals surface area contributed by atoms with E-state index in [1.807, 2.05) is 66.0 Å². The summed E-state index contributed by atoms with van der Waals surface area (Å²) in [5.41, 5.74) is 3.19. The number of hydrogen-bond donors (Lipinski definition) is 0. The van der Waals surface area contributed by atoms with E-state index in [-0.39, 0.29) is 5.91 Å². The number of anilines is 1. The fourth-order valence-corrected chi connectivity index (χ4v) is 5.50. The van der Waals surface area contributed by atoms with Crippen molar-refractivity contribution in [1.29, 1.82) is 0 Å². The molecule has 0 bridgehead atoms. The predicted molar refractivity (Wildman–Crippen MR) is 141 cm³/mol. The van der Waals surface area contributed by atoms with Crippen LogP contribution in [0.2, 0.25) is 10.0 Å². The lowest BCUT2D eigenvalue weighted by Crippen LogP contribution is -2.28. The molecular formula is C25H15Cl2N3OS2. The number of benzene rings is 3. The number of aromatic nitrogens is 1. The van der Waals surface area contributed by atoms with Crippen molar-refractivity contribution in [2.75, 3.05) is 4.90 Å². The molecule has 0 saturated carbocycles. The molecule has 4 aromatic rings. The second-order valence-electron chi connectivity index (χ2n) is 7.00. The minimum atomic E-state index is -0.194. The molecule has 0 atom stereocenters. The summed E-state index contributed by atoms with van der Waals surface area (Å²) in [5, 5.41) is 4.01. The molecule has 4 nitrogen and oxygen atoms in total. The second-order valence-corrected chi connectivity index (χ2v) is 9.66. The van der Waals surface area contributed by atoms with Crippen LogP contribution in [0.1, 0.15) is 5.56 Å². The van der Waals surface area contributed by atoms with Crippen molar-refractivity contribution in [3.05, 3.63) is 105 Å². The SMILES string of the molecule is O=C1/C(=C/c2c(Cl)cccc2Cl)S/C(=N/c2nc(-c3ccccc3)cs2)N1c1ccccc1. The van der Waals surface area contributed by atoms with Crippen LogP contribution in [0.15, 0.2) is 94.1 Å². The van der Waals surface area contributed by atoms with Crippen LogP contribution in [-0.4, -0.2) is 16.1 Å². The van der Waals surface area contributed by atoms with Crippen LogP contribution in [0.4, 0.5) is 10.8 Å². The van der Waals surface area contributed by atoms with Gasteiger partial charge in [0.05, 0.1) is 16.3 Å². The Bertz CT molecular complexity index is 1370. The van der Waals surface area contributed by atoms with Gasteiger partial charge in [-0.15, -0.1) is 11.3 Å². The molecule has 1 saturated heterocycles. The highest BCUT2D eigenvalue weighted by Crippen LogP contribution is 2.39. The van der Waals surface area contributed by atoms with Gasteiger partial charge in [0.25, 0.3) is 5.91 Å². The van der Waals surface area contributed by atoms with Gasteiger partial charge in [0, 0.05) is 26.6 Å². The molecule has 0 aliphatic carbocycles. The maximum absolute atomic E-state index is 13.4. The molecule has 0 unspecified atom stereocenters. The Morgan fingerprint density at radius 1 is 0.879 bits per heavy atom. The van der Waals surface area contributed by atoms with Crippen molar-refractivity contribution in [2.45, 2.75) is 0 Å². The van der Waals surface area contributed by atoms with Crippen molar-refractivity contribution >= 4 is 74.3 Å². The van der Waals surface area contributed by atoms with Gasteiger partial charge in [-0.25, -0.2) is 4.98 Å². The summed E-state index contributed by atoms with van der Waals surface area (Å²) in [4.78, 5) is 24.9. The van der Waals surface area contributed by atoms with E-state index in [1.54, 1.807) is 29.2 Å². The van der Waals surface area contributed by atoms with E-state index in [9.17, 15) is 4.79 Å². The minimum Gasteiger partial charge on any atom is -0.268 e. The van der Waals surface area contributed by atoms with Gasteiger partial charge in [-0.1, -0.05) is 77.8 Å². The van der Waals surface area contributed by atoms with Crippen molar-refractivity contribution in [2.24, 2.45) is 4.99 Å². The number of thiazole rings is 1. The van der Waals surface area contributed by atoms with Gasteiger partial charge < -0.3 is 0 Å². The maximum Gasteiger partial charge on any atom is 0.271 e. The zero-order chi connectivity index (χ0) is 22.8. The zero-order valence-electron chi connectivity index (χ0n) is 17.0. The second kappa shape index (κ2) is 9.53. The van der Waals surface area contributed by atoms with E-state index in [0.717, 1.165) is 16.9 Å². The van der Waals surface area contributed by atoms with Crippen LogP contribution in [-0.2, 0) is 4.79 Å². The molecule has 8 heteroatoms. The summed E-state index contributed by atoms with van der Waals surface area (Å²) in [6.45, 7) is 0. The number of amidine groups is 1. The third-order valence-corrected chi connectivity index (χ3v) is 7.21. The highest BCUT2D eigenvalue weighted by molar-refractivity contribution is 8.19. The quantitative estimate of drug-likeness (QED) is 0.263. The molecule has 0 N–H and O–H groups in total. The van der Waals surface area contributed by atoms with Crippen molar-refractivity contribution in [3.63, 3.8) is 0 Å². The highest BCUT2D eigenvalue weighted by Gasteiger charge is 2.35. The van der Waals surface area contributed by atoms with E-state index in [2.05, 4.69) is 4.98 Å². The molecule has 0 spiro atoms. The predicted octanol–water partition coefficient (Wildman–Crippen LogP) is 7.93. The van der Waals surface area contributed by atoms with Gasteiger partial charge >= 0.3 is 0 Å². The third-order valence-electron chi connectivity index (χ3n) is 4.85. The first-order chi connectivity index (χ1) is 16.1. The van der Waals surface area contributed by atoms with Gasteiger partial charge in [0.15, 0.2) is 5.17 Å². The standard InChI is InChI=1S/C25H15Cl2N3OS2/c26-19-12-7-13-20(27)18(19)14-22-23(31)30(17-10-5-2-6-11-17)25(33-22)29-24-28-21(15-32-24)16-8-3-1-4-9-16/h1-15H/b22-14-,29-25+. The first-order valence-electron chi connectivity index (χ1n) is 9.93. The number of para-hydroxylation sites is 1. The Morgan fingerprint density at radius 2 is 1.55 bits per heavy atom. The molecule has 1 aliphatic rings. The van der Waals surface area contributed by atoms with E-state index < -0.39 is 0 Å². The average Bonchev–Trinajstić information content (AvgIpc) is 3.42. The van der Waals surface area contributed by atoms with Crippen LogP contribution < -0.4 is 4.90 Å². The molecule has 1 fully saturated rings. The van der Waals surface area contributed by atoms with Crippen LogP contribution >= 0.6 is 46.3 Å². The van der Waals surface area contributed by atoms with Crippen LogP contribution in [0.25, 0.3) is 17.3 Å². The third kappa shape index (κ3) is 4.61. The Kier molecular flexibility index (Phi) is 6.33. The Labute approximate surface area is 209 Å². The fourth-order valence-electron chi connectivity index (χ4n) is 3.27. The molecule has 0 radical (unpaired) electrons. The van der Waals surface area contributed by atoms with Crippen molar-refractivity contribution in [3.8, 4) is 11.3 Å². The van der Waals surface area contributed by atoms with Gasteiger partial charge in [-0.05, 0) is 42.1 Å². The minimum absolute atomic E-state index is 0.194. The summed E-state index contributed by atoms with van der Waals surface area (Å²) < 4.78 is 0. The van der Waals surface area contributed by atoms with Gasteiger partial charge in [0.2, 0.25) is 5.13 Å². The van der Waals surface area contributed by atoms with E-state index in [1.165, 1.54) is 23.1 Å². The van der Waals surface area contributed by atoms with E-state index >= 15 is 0 Å². The topological polar surface area (TPSA) is 45.6 Å². The largest absolute Gasteiger partial charge is 0.271 e. The molecule has 162 valence electrons. The average molecular weight is 508 g/mol. The lowest BCUT2D eigenvalue weighted by atomic mass is 10.2. The summed E-state index contributed by atoms with van der Waals surface area (Å²) in [6, 6.07) is 24.6. The van der Waals surface area contributed by atoms with Gasteiger partial charge in [0.1, 0.15) is 0 Å². The number of aliphatic imine (C=N–C) groups is 1. The van der Waals surface area contributed by atoms with Crippen LogP contribution in [0, 0.1) is 0 Å². The number of carbonyl (C=O) groups is 1. The number of amides is 1. The summed E-state index contributed by atoms with van der Waals surface area (Å²) in [6.07, 6.45) is 1.72. The van der Waals surface area contributed by atoms with E-state index in [4.69, 9.17) is 28.2 Å². The highest BCUT2D eigenvalue weighted by atomic mass is 35.5. The maximum atomic E-state index is 13.4. The number of rotatable bonds is 4. The normalized spacial score (nSPS) is 16.2. The number of halogens is 2. The fraction of sp³-hybridized carbons (Fsp3) is 0. The smallest absolute Gasteiger partial charge is 0.268 e. The Balaban J connectivity index is 1.56. The number of carbonyl (C=O) groups excluding carboxylic acids is 1. The summed E-state index contributed by atoms with van der Waals surface area (Å²) in [7, 11) is 0. The van der Waals surface area contributed by atoms with Crippen molar-refractivity contribution in [1.82, 2.24) is 4.98 Å². The molecule has 5 rings (SSSR count). The van der Waals surface area contributed by atoms with Crippen LogP contribution in [0.3, 0.4) is 0 Å². The van der Waals surface area contributed by atoms with E-state index in [0.29, 0.717) is 30.8 Å². The first kappa shape index (κ1) is 21.9. The molecule has 1 amide bonds. The van der Waals surface area contributed by atoms with Crippen LogP contribution in [0.5, 0.6) is 0 Å². The zero-order valence-corrected chi connectivity index (χ0v) is 20.1. The van der Waals surface area contributed by atoms with Crippen molar-refractivity contribution < 1.29 is 4.79 Å². The molecule has 3 aromatic carbocycles. The first-order valence-corrected chi connectivity index (χ1v) is 12.4. The molecule has 1 aliphatic heterocycles.